The molecule has 0 saturated carbocycles. The molecule has 0 radical (unpaired) electrons. The van der Waals surface area contributed by atoms with Crippen molar-refractivity contribution < 1.29 is 33.0 Å². The number of aromatic nitrogens is 1. The number of carbonyl (C=O) groups is 2. The third-order valence-electron chi connectivity index (χ3n) is 5.99. The van der Waals surface area contributed by atoms with Gasteiger partial charge in [-0.05, 0) is 74.0 Å². The van der Waals surface area contributed by atoms with Crippen molar-refractivity contribution in [1.82, 2.24) is 4.98 Å². The van der Waals surface area contributed by atoms with Gasteiger partial charge in [0.25, 0.3) is 5.78 Å². The van der Waals surface area contributed by atoms with Crippen LogP contribution in [0, 0.1) is 11.6 Å². The highest BCUT2D eigenvalue weighted by atomic mass is 32.1. The Morgan fingerprint density at radius 1 is 0.947 bits per heavy atom. The lowest BCUT2D eigenvalue weighted by molar-refractivity contribution is -0.132. The van der Waals surface area contributed by atoms with Gasteiger partial charge in [-0.25, -0.2) is 13.8 Å². The predicted molar refractivity (Wildman–Crippen MR) is 140 cm³/mol. The summed E-state index contributed by atoms with van der Waals surface area (Å²) in [4.78, 5) is 32.5. The highest BCUT2D eigenvalue weighted by Gasteiger charge is 2.48. The quantitative estimate of drug-likeness (QED) is 0.177. The molecular formula is C28H22F2N2O5S. The lowest BCUT2D eigenvalue weighted by Crippen LogP contribution is -2.29. The molecule has 3 aromatic carbocycles. The van der Waals surface area contributed by atoms with Crippen molar-refractivity contribution in [2.24, 2.45) is 0 Å². The van der Waals surface area contributed by atoms with E-state index < -0.39 is 35.1 Å². The summed E-state index contributed by atoms with van der Waals surface area (Å²) in [5, 5.41) is 11.4. The number of Topliss-reactive ketones (excluding diaryl/α,β-unsaturated/α-hetero) is 1. The number of halogens is 2. The number of aliphatic hydroxyl groups excluding tert-OH is 1. The summed E-state index contributed by atoms with van der Waals surface area (Å²) in [7, 11) is 0. The number of anilines is 1. The summed E-state index contributed by atoms with van der Waals surface area (Å²) < 4.78 is 39.3. The average Bonchev–Trinajstić information content (AvgIpc) is 3.43. The van der Waals surface area contributed by atoms with Crippen molar-refractivity contribution >= 4 is 44.1 Å². The van der Waals surface area contributed by atoms with Gasteiger partial charge in [-0.15, -0.1) is 0 Å². The summed E-state index contributed by atoms with van der Waals surface area (Å²) >= 11 is 1.04. The van der Waals surface area contributed by atoms with Gasteiger partial charge in [0.15, 0.2) is 16.6 Å². The zero-order chi connectivity index (χ0) is 27.0. The Kier molecular flexibility index (Phi) is 6.81. The standard InChI is InChI=1S/C28H22F2N2O5S/c1-3-36-20-12-7-16(13-21(20)37-4-2)24-23(25(33)15-5-8-17(29)9-6-15)26(34)27(35)32(24)28-31-19-11-10-18(30)14-22(19)38-28/h5-14,24,33H,3-4H2,1-2H3. The second-order valence-electron chi connectivity index (χ2n) is 8.36. The second kappa shape index (κ2) is 10.2. The number of amides is 1. The Labute approximate surface area is 220 Å². The molecule has 194 valence electrons. The minimum Gasteiger partial charge on any atom is -0.507 e. The second-order valence-corrected chi connectivity index (χ2v) is 9.37. The molecule has 5 rings (SSSR count). The SMILES string of the molecule is CCOc1ccc(C2C(=C(O)c3ccc(F)cc3)C(=O)C(=O)N2c2nc3ccc(F)cc3s2)cc1OCC. The van der Waals surface area contributed by atoms with E-state index in [9.17, 15) is 23.5 Å². The molecular weight excluding hydrogens is 514 g/mol. The number of hydrogen-bond acceptors (Lipinski definition) is 7. The molecule has 7 nitrogen and oxygen atoms in total. The van der Waals surface area contributed by atoms with Gasteiger partial charge < -0.3 is 14.6 Å². The lowest BCUT2D eigenvalue weighted by Gasteiger charge is -2.24. The fourth-order valence-corrected chi connectivity index (χ4v) is 5.35. The topological polar surface area (TPSA) is 89.0 Å². The van der Waals surface area contributed by atoms with E-state index in [0.717, 1.165) is 23.5 Å². The van der Waals surface area contributed by atoms with Crippen molar-refractivity contribution in [3.8, 4) is 11.5 Å². The molecule has 0 bridgehead atoms. The third-order valence-corrected chi connectivity index (χ3v) is 7.01. The molecule has 4 aromatic rings. The van der Waals surface area contributed by atoms with Crippen LogP contribution in [0.2, 0.25) is 0 Å². The zero-order valence-electron chi connectivity index (χ0n) is 20.4. The number of hydrogen-bond donors (Lipinski definition) is 1. The van der Waals surface area contributed by atoms with Crippen molar-refractivity contribution in [1.29, 1.82) is 0 Å². The largest absolute Gasteiger partial charge is 0.507 e. The normalized spacial score (nSPS) is 16.8. The Morgan fingerprint density at radius 2 is 1.63 bits per heavy atom. The Hall–Kier alpha value is -4.31. The highest BCUT2D eigenvalue weighted by molar-refractivity contribution is 7.22. The maximum absolute atomic E-state index is 13.9. The van der Waals surface area contributed by atoms with E-state index in [4.69, 9.17) is 9.47 Å². The van der Waals surface area contributed by atoms with Crippen molar-refractivity contribution in [3.05, 3.63) is 89.0 Å². The van der Waals surface area contributed by atoms with Gasteiger partial charge in [0.2, 0.25) is 0 Å². The number of rotatable bonds is 7. The van der Waals surface area contributed by atoms with Crippen LogP contribution in [0.25, 0.3) is 16.0 Å². The molecule has 1 amide bonds. The predicted octanol–water partition coefficient (Wildman–Crippen LogP) is 6.00. The van der Waals surface area contributed by atoms with Gasteiger partial charge >= 0.3 is 5.91 Å². The number of thiazole rings is 1. The van der Waals surface area contributed by atoms with Gasteiger partial charge in [-0.2, -0.15) is 0 Å². The molecule has 1 unspecified atom stereocenters. The monoisotopic (exact) mass is 536 g/mol. The van der Waals surface area contributed by atoms with Crippen LogP contribution in [0.5, 0.6) is 11.5 Å². The van der Waals surface area contributed by atoms with Crippen molar-refractivity contribution in [2.75, 3.05) is 18.1 Å². The van der Waals surface area contributed by atoms with E-state index in [0.29, 0.717) is 40.5 Å². The van der Waals surface area contributed by atoms with Crippen LogP contribution in [0.4, 0.5) is 13.9 Å². The van der Waals surface area contributed by atoms with Crippen LogP contribution >= 0.6 is 11.3 Å². The van der Waals surface area contributed by atoms with Gasteiger partial charge in [-0.3, -0.25) is 14.5 Å². The fraction of sp³-hybridized carbons (Fsp3) is 0.179. The lowest BCUT2D eigenvalue weighted by atomic mass is 9.95. The van der Waals surface area contributed by atoms with Crippen molar-refractivity contribution in [2.45, 2.75) is 19.9 Å². The van der Waals surface area contributed by atoms with Gasteiger partial charge in [-0.1, -0.05) is 17.4 Å². The number of carbonyl (C=O) groups excluding carboxylic acids is 2. The van der Waals surface area contributed by atoms with Crippen LogP contribution in [0.3, 0.4) is 0 Å². The van der Waals surface area contributed by atoms with Gasteiger partial charge in [0.05, 0.1) is 35.0 Å². The van der Waals surface area contributed by atoms with Gasteiger partial charge in [0.1, 0.15) is 17.4 Å². The third kappa shape index (κ3) is 4.47. The van der Waals surface area contributed by atoms with E-state index in [1.807, 2.05) is 13.8 Å². The number of aliphatic hydroxyl groups is 1. The molecule has 1 atom stereocenters. The Bertz CT molecular complexity index is 1580. The number of ketones is 1. The molecule has 2 heterocycles. The molecule has 1 aliphatic heterocycles. The highest BCUT2D eigenvalue weighted by Crippen LogP contribution is 2.46. The first-order chi connectivity index (χ1) is 18.3. The smallest absolute Gasteiger partial charge is 0.301 e. The van der Waals surface area contributed by atoms with Gasteiger partial charge in [0, 0.05) is 5.56 Å². The van der Waals surface area contributed by atoms with E-state index in [1.165, 1.54) is 35.2 Å². The Balaban J connectivity index is 1.73. The Morgan fingerprint density at radius 3 is 2.34 bits per heavy atom. The summed E-state index contributed by atoms with van der Waals surface area (Å²) in [6, 6.07) is 12.8. The number of nitrogens with zero attached hydrogens (tertiary/aromatic N) is 2. The molecule has 1 N–H and O–H groups in total. The van der Waals surface area contributed by atoms with Crippen LogP contribution in [0.1, 0.15) is 31.0 Å². The van der Waals surface area contributed by atoms with E-state index in [1.54, 1.807) is 18.2 Å². The minimum atomic E-state index is -1.10. The van der Waals surface area contributed by atoms with Crippen LogP contribution in [-0.2, 0) is 9.59 Å². The number of fused-ring (bicyclic) bond motifs is 1. The molecule has 1 saturated heterocycles. The molecule has 10 heteroatoms. The first kappa shape index (κ1) is 25.3. The minimum absolute atomic E-state index is 0.155. The first-order valence-electron chi connectivity index (χ1n) is 11.8. The summed E-state index contributed by atoms with van der Waals surface area (Å²) in [6.45, 7) is 4.37. The number of benzene rings is 3. The number of ether oxygens (including phenoxy) is 2. The van der Waals surface area contributed by atoms with E-state index in [2.05, 4.69) is 4.98 Å². The van der Waals surface area contributed by atoms with Crippen LogP contribution in [-0.4, -0.2) is 35.0 Å². The summed E-state index contributed by atoms with van der Waals surface area (Å²) in [5.41, 5.74) is 0.868. The molecule has 38 heavy (non-hydrogen) atoms. The van der Waals surface area contributed by atoms with E-state index >= 15 is 0 Å². The molecule has 1 aromatic heterocycles. The maximum atomic E-state index is 13.9. The zero-order valence-corrected chi connectivity index (χ0v) is 21.2. The van der Waals surface area contributed by atoms with Crippen LogP contribution in [0.15, 0.2) is 66.2 Å². The molecule has 1 aliphatic rings. The molecule has 0 spiro atoms. The maximum Gasteiger partial charge on any atom is 0.301 e. The summed E-state index contributed by atoms with van der Waals surface area (Å²) in [6.07, 6.45) is 0. The fourth-order valence-electron chi connectivity index (χ4n) is 4.34. The molecule has 1 fully saturated rings. The first-order valence-corrected chi connectivity index (χ1v) is 12.7. The van der Waals surface area contributed by atoms with Crippen LogP contribution < -0.4 is 14.4 Å². The summed E-state index contributed by atoms with van der Waals surface area (Å²) in [5.74, 6) is -2.42. The molecule has 0 aliphatic carbocycles. The van der Waals surface area contributed by atoms with E-state index in [-0.39, 0.29) is 16.3 Å². The average molecular weight is 537 g/mol. The van der Waals surface area contributed by atoms with Crippen molar-refractivity contribution in [3.63, 3.8) is 0 Å².